The number of benzene rings is 2. The van der Waals surface area contributed by atoms with E-state index in [9.17, 15) is 8.42 Å². The molecule has 2 aromatic carbocycles. The van der Waals surface area contributed by atoms with Gasteiger partial charge < -0.3 is 9.47 Å². The summed E-state index contributed by atoms with van der Waals surface area (Å²) in [6.07, 6.45) is 2.39. The maximum absolute atomic E-state index is 11.0. The van der Waals surface area contributed by atoms with Gasteiger partial charge in [0, 0.05) is 10.6 Å². The number of hydrogen-bond acceptors (Lipinski definition) is 5. The number of sulfonamides is 1. The van der Waals surface area contributed by atoms with Crippen LogP contribution < -0.4 is 14.3 Å². The molecule has 0 amide bonds. The van der Waals surface area contributed by atoms with E-state index in [1.165, 1.54) is 13.3 Å². The molecule has 0 atom stereocenters. The Morgan fingerprint density at radius 1 is 1.32 bits per heavy atom. The molecular formula is C16H16BrClN2O4S. The number of hydrogen-bond donors (Lipinski definition) is 1. The third-order valence-corrected chi connectivity index (χ3v) is 4.41. The molecule has 2 rings (SSSR count). The van der Waals surface area contributed by atoms with Gasteiger partial charge in [-0.25, -0.2) is 13.2 Å². The molecule has 1 N–H and O–H groups in total. The summed E-state index contributed by atoms with van der Waals surface area (Å²) in [5.41, 5.74) is 1.48. The molecule has 0 spiro atoms. The van der Waals surface area contributed by atoms with Crippen molar-refractivity contribution in [2.75, 3.05) is 13.4 Å². The summed E-state index contributed by atoms with van der Waals surface area (Å²) in [5.74, 6) is 0.984. The topological polar surface area (TPSA) is 77.0 Å². The van der Waals surface area contributed by atoms with Gasteiger partial charge in [0.2, 0.25) is 10.0 Å². The van der Waals surface area contributed by atoms with Gasteiger partial charge in [-0.3, -0.25) is 0 Å². The Morgan fingerprint density at radius 2 is 2.04 bits per heavy atom. The lowest BCUT2D eigenvalue weighted by Gasteiger charge is -2.14. The van der Waals surface area contributed by atoms with Crippen molar-refractivity contribution >= 4 is 43.8 Å². The van der Waals surface area contributed by atoms with Crippen LogP contribution in [0.1, 0.15) is 11.1 Å². The van der Waals surface area contributed by atoms with Crippen molar-refractivity contribution in [1.29, 1.82) is 0 Å². The molecule has 0 aromatic heterocycles. The van der Waals surface area contributed by atoms with Crippen LogP contribution in [0.4, 0.5) is 0 Å². The van der Waals surface area contributed by atoms with Gasteiger partial charge in [0.25, 0.3) is 0 Å². The second-order valence-corrected chi connectivity index (χ2v) is 8.02. The van der Waals surface area contributed by atoms with Crippen LogP contribution in [0.15, 0.2) is 46.0 Å². The number of methoxy groups -OCH3 is 1. The van der Waals surface area contributed by atoms with Crippen molar-refractivity contribution < 1.29 is 17.9 Å². The first-order valence-corrected chi connectivity index (χ1v) is 10.1. The number of halogens is 2. The molecule has 0 aliphatic heterocycles. The molecule has 0 fully saturated rings. The van der Waals surface area contributed by atoms with Crippen molar-refractivity contribution in [3.05, 3.63) is 57.0 Å². The number of ether oxygens (including phenoxy) is 2. The summed E-state index contributed by atoms with van der Waals surface area (Å²) >= 11 is 9.55. The van der Waals surface area contributed by atoms with Crippen LogP contribution >= 0.6 is 27.5 Å². The third kappa shape index (κ3) is 5.91. The van der Waals surface area contributed by atoms with E-state index in [0.29, 0.717) is 26.6 Å². The van der Waals surface area contributed by atoms with Gasteiger partial charge in [0.1, 0.15) is 6.61 Å². The molecule has 0 unspecified atom stereocenters. The number of hydrazone groups is 1. The first-order valence-electron chi connectivity index (χ1n) is 7.03. The summed E-state index contributed by atoms with van der Waals surface area (Å²) in [6, 6.07) is 10.8. The average Bonchev–Trinajstić information content (AvgIpc) is 2.53. The van der Waals surface area contributed by atoms with E-state index >= 15 is 0 Å². The molecule has 6 nitrogen and oxygen atoms in total. The molecule has 134 valence electrons. The van der Waals surface area contributed by atoms with Crippen molar-refractivity contribution in [2.45, 2.75) is 6.61 Å². The summed E-state index contributed by atoms with van der Waals surface area (Å²) in [6.45, 7) is 0.275. The smallest absolute Gasteiger partial charge is 0.244 e. The Balaban J connectivity index is 2.20. The first kappa shape index (κ1) is 19.6. The summed E-state index contributed by atoms with van der Waals surface area (Å²) in [4.78, 5) is 2.03. The normalized spacial score (nSPS) is 11.5. The van der Waals surface area contributed by atoms with Gasteiger partial charge in [-0.15, -0.1) is 0 Å². The van der Waals surface area contributed by atoms with Crippen molar-refractivity contribution in [3.63, 3.8) is 0 Å². The highest BCUT2D eigenvalue weighted by Crippen LogP contribution is 2.37. The molecular weight excluding hydrogens is 432 g/mol. The van der Waals surface area contributed by atoms with Crippen molar-refractivity contribution in [1.82, 2.24) is 4.83 Å². The summed E-state index contributed by atoms with van der Waals surface area (Å²) in [5, 5.41) is 4.29. The van der Waals surface area contributed by atoms with E-state index in [2.05, 4.69) is 21.0 Å². The van der Waals surface area contributed by atoms with Crippen LogP contribution in [0.5, 0.6) is 11.5 Å². The lowest BCUT2D eigenvalue weighted by atomic mass is 10.2. The quantitative estimate of drug-likeness (QED) is 0.520. The van der Waals surface area contributed by atoms with Gasteiger partial charge >= 0.3 is 0 Å². The van der Waals surface area contributed by atoms with E-state index in [1.807, 2.05) is 23.0 Å². The van der Waals surface area contributed by atoms with Crippen LogP contribution in [0, 0.1) is 0 Å². The number of nitrogens with zero attached hydrogens (tertiary/aromatic N) is 1. The molecule has 2 aromatic rings. The maximum atomic E-state index is 11.0. The van der Waals surface area contributed by atoms with Crippen LogP contribution in [0.3, 0.4) is 0 Å². The molecule has 9 heteroatoms. The highest BCUT2D eigenvalue weighted by Gasteiger charge is 2.12. The molecule has 0 aliphatic carbocycles. The van der Waals surface area contributed by atoms with E-state index in [0.717, 1.165) is 11.8 Å². The minimum Gasteiger partial charge on any atom is -0.493 e. The van der Waals surface area contributed by atoms with E-state index in [4.69, 9.17) is 21.1 Å². The molecule has 0 saturated heterocycles. The number of nitrogens with one attached hydrogen (secondary N) is 1. The van der Waals surface area contributed by atoms with Crippen LogP contribution in [0.25, 0.3) is 0 Å². The monoisotopic (exact) mass is 446 g/mol. The van der Waals surface area contributed by atoms with Gasteiger partial charge in [0.05, 0.1) is 24.1 Å². The highest BCUT2D eigenvalue weighted by atomic mass is 79.9. The van der Waals surface area contributed by atoms with Crippen LogP contribution in [-0.2, 0) is 16.6 Å². The zero-order valence-electron chi connectivity index (χ0n) is 13.5. The third-order valence-electron chi connectivity index (χ3n) is 3.01. The van der Waals surface area contributed by atoms with Gasteiger partial charge in [-0.1, -0.05) is 29.8 Å². The predicted molar refractivity (Wildman–Crippen MR) is 102 cm³/mol. The predicted octanol–water partition coefficient (Wildman–Crippen LogP) is 3.57. The van der Waals surface area contributed by atoms with Crippen molar-refractivity contribution in [2.24, 2.45) is 5.10 Å². The first-order chi connectivity index (χ1) is 11.8. The van der Waals surface area contributed by atoms with Crippen LogP contribution in [-0.4, -0.2) is 28.0 Å². The molecule has 0 bridgehead atoms. The maximum Gasteiger partial charge on any atom is 0.244 e. The SMILES string of the molecule is COc1cc(/C=N\NS(C)(=O)=O)cc(Br)c1OCc1ccccc1Cl. The van der Waals surface area contributed by atoms with E-state index in [-0.39, 0.29) is 6.61 Å². The fraction of sp³-hybridized carbons (Fsp3) is 0.188. The Labute approximate surface area is 160 Å². The molecule has 0 heterocycles. The minimum absolute atomic E-state index is 0.275. The fourth-order valence-corrected chi connectivity index (χ4v) is 2.93. The Bertz CT molecular complexity index is 888. The van der Waals surface area contributed by atoms with Gasteiger partial charge in [-0.05, 0) is 39.7 Å². The molecule has 0 aliphatic rings. The largest absolute Gasteiger partial charge is 0.493 e. The second-order valence-electron chi connectivity index (χ2n) is 5.04. The lowest BCUT2D eigenvalue weighted by molar-refractivity contribution is 0.282. The molecule has 25 heavy (non-hydrogen) atoms. The Kier molecular flexibility index (Phi) is 6.69. The fourth-order valence-electron chi connectivity index (χ4n) is 1.92. The zero-order valence-corrected chi connectivity index (χ0v) is 16.7. The van der Waals surface area contributed by atoms with E-state index < -0.39 is 10.0 Å². The second kappa shape index (κ2) is 8.55. The van der Waals surface area contributed by atoms with E-state index in [1.54, 1.807) is 18.2 Å². The summed E-state index contributed by atoms with van der Waals surface area (Å²) < 4.78 is 33.9. The average molecular weight is 448 g/mol. The molecule has 0 radical (unpaired) electrons. The Morgan fingerprint density at radius 3 is 2.68 bits per heavy atom. The molecule has 0 saturated carbocycles. The minimum atomic E-state index is -3.40. The standard InChI is InChI=1S/C16H16BrClN2O4S/c1-23-15-8-11(9-19-20-25(2,21)22)7-13(17)16(15)24-10-12-5-3-4-6-14(12)18/h3-9,20H,10H2,1-2H3/b19-9-. The highest BCUT2D eigenvalue weighted by molar-refractivity contribution is 9.10. The van der Waals surface area contributed by atoms with Crippen molar-refractivity contribution in [3.8, 4) is 11.5 Å². The zero-order chi connectivity index (χ0) is 18.4. The lowest BCUT2D eigenvalue weighted by Crippen LogP contribution is -2.15. The number of rotatable bonds is 7. The summed E-state index contributed by atoms with van der Waals surface area (Å²) in [7, 11) is -1.89. The Hall–Kier alpha value is -1.77. The van der Waals surface area contributed by atoms with Gasteiger partial charge in [-0.2, -0.15) is 5.10 Å². The van der Waals surface area contributed by atoms with Gasteiger partial charge in [0.15, 0.2) is 11.5 Å². The van der Waals surface area contributed by atoms with Crippen LogP contribution in [0.2, 0.25) is 5.02 Å².